The van der Waals surface area contributed by atoms with E-state index in [-0.39, 0.29) is 24.3 Å². The molecule has 0 spiro atoms. The lowest BCUT2D eigenvalue weighted by atomic mass is 9.93. The molecule has 0 saturated carbocycles. The predicted molar refractivity (Wildman–Crippen MR) is 77.8 cm³/mol. The molecule has 0 bridgehead atoms. The van der Waals surface area contributed by atoms with Crippen molar-refractivity contribution in [3.63, 3.8) is 0 Å². The van der Waals surface area contributed by atoms with Gasteiger partial charge < -0.3 is 10.4 Å². The Morgan fingerprint density at radius 1 is 1.50 bits per heavy atom. The van der Waals surface area contributed by atoms with Gasteiger partial charge in [-0.15, -0.1) is 0 Å². The highest BCUT2D eigenvalue weighted by atomic mass is 16.3. The fraction of sp³-hybridized carbons (Fsp3) is 0.867. The van der Waals surface area contributed by atoms with Crippen molar-refractivity contribution in [3.8, 4) is 6.07 Å². The highest BCUT2D eigenvalue weighted by molar-refractivity contribution is 5.80. The fourth-order valence-electron chi connectivity index (χ4n) is 2.78. The second-order valence-corrected chi connectivity index (χ2v) is 6.30. The predicted octanol–water partition coefficient (Wildman–Crippen LogP) is 0.991. The minimum Gasteiger partial charge on any atom is -0.392 e. The molecule has 0 aliphatic carbocycles. The van der Waals surface area contributed by atoms with Gasteiger partial charge in [0.05, 0.1) is 24.6 Å². The molecule has 3 atom stereocenters. The molecule has 1 aliphatic heterocycles. The quantitative estimate of drug-likeness (QED) is 0.651. The van der Waals surface area contributed by atoms with E-state index >= 15 is 0 Å². The molecule has 1 saturated heterocycles. The normalized spacial score (nSPS) is 21.9. The van der Waals surface area contributed by atoms with Crippen LogP contribution in [-0.2, 0) is 4.79 Å². The number of hydrogen-bond acceptors (Lipinski definition) is 4. The van der Waals surface area contributed by atoms with Gasteiger partial charge in [0.25, 0.3) is 0 Å². The van der Waals surface area contributed by atoms with Crippen LogP contribution in [0.2, 0.25) is 0 Å². The van der Waals surface area contributed by atoms with E-state index in [4.69, 9.17) is 5.26 Å². The zero-order valence-corrected chi connectivity index (χ0v) is 12.8. The first-order valence-electron chi connectivity index (χ1n) is 7.49. The van der Waals surface area contributed by atoms with Crippen LogP contribution in [0.15, 0.2) is 0 Å². The van der Waals surface area contributed by atoms with Crippen LogP contribution >= 0.6 is 0 Å². The lowest BCUT2D eigenvalue weighted by Gasteiger charge is -2.28. The van der Waals surface area contributed by atoms with E-state index in [0.717, 1.165) is 19.4 Å². The third kappa shape index (κ3) is 5.48. The maximum absolute atomic E-state index is 11.6. The number of carbonyl (C=O) groups excluding carboxylic acids is 1. The van der Waals surface area contributed by atoms with Gasteiger partial charge >= 0.3 is 0 Å². The Morgan fingerprint density at radius 2 is 2.20 bits per heavy atom. The number of nitrogens with one attached hydrogen (secondary N) is 1. The molecule has 1 unspecified atom stereocenters. The SMILES string of the molecule is CC(C)C[C@H](C)C(O)CN(CC#N)C[C@@H]1CCNC1=O. The van der Waals surface area contributed by atoms with Gasteiger partial charge in [-0.2, -0.15) is 5.26 Å². The van der Waals surface area contributed by atoms with Crippen molar-refractivity contribution >= 4 is 5.91 Å². The average Bonchev–Trinajstić information content (AvgIpc) is 2.74. The summed E-state index contributed by atoms with van der Waals surface area (Å²) in [5.74, 6) is 0.770. The first-order chi connectivity index (χ1) is 9.43. The fourth-order valence-corrected chi connectivity index (χ4v) is 2.78. The lowest BCUT2D eigenvalue weighted by molar-refractivity contribution is -0.123. The topological polar surface area (TPSA) is 76.4 Å². The molecule has 0 aromatic heterocycles. The van der Waals surface area contributed by atoms with Gasteiger partial charge in [-0.05, 0) is 24.7 Å². The van der Waals surface area contributed by atoms with Crippen molar-refractivity contribution in [2.45, 2.75) is 39.7 Å². The van der Waals surface area contributed by atoms with Crippen molar-refractivity contribution in [3.05, 3.63) is 0 Å². The zero-order chi connectivity index (χ0) is 15.1. The minimum absolute atomic E-state index is 0.0454. The molecule has 1 aliphatic rings. The number of aliphatic hydroxyl groups is 1. The molecule has 1 fully saturated rings. The monoisotopic (exact) mass is 281 g/mol. The van der Waals surface area contributed by atoms with Crippen LogP contribution < -0.4 is 5.32 Å². The number of carbonyl (C=O) groups is 1. The summed E-state index contributed by atoms with van der Waals surface area (Å²) < 4.78 is 0. The van der Waals surface area contributed by atoms with Crippen molar-refractivity contribution in [1.29, 1.82) is 5.26 Å². The zero-order valence-electron chi connectivity index (χ0n) is 12.8. The molecule has 114 valence electrons. The number of amides is 1. The van der Waals surface area contributed by atoms with Crippen molar-refractivity contribution in [2.75, 3.05) is 26.2 Å². The molecule has 0 radical (unpaired) electrons. The summed E-state index contributed by atoms with van der Waals surface area (Å²) >= 11 is 0. The molecule has 20 heavy (non-hydrogen) atoms. The Labute approximate surface area is 122 Å². The maximum Gasteiger partial charge on any atom is 0.224 e. The molecule has 2 N–H and O–H groups in total. The highest BCUT2D eigenvalue weighted by Crippen LogP contribution is 2.17. The molecule has 0 aromatic rings. The second kappa shape index (κ2) is 8.23. The van der Waals surface area contributed by atoms with Gasteiger partial charge in [0.15, 0.2) is 0 Å². The van der Waals surface area contributed by atoms with Crippen molar-refractivity contribution in [2.24, 2.45) is 17.8 Å². The second-order valence-electron chi connectivity index (χ2n) is 6.30. The number of nitrogens with zero attached hydrogens (tertiary/aromatic N) is 2. The van der Waals surface area contributed by atoms with Gasteiger partial charge in [0.1, 0.15) is 0 Å². The number of hydrogen-bond donors (Lipinski definition) is 2. The van der Waals surface area contributed by atoms with Crippen LogP contribution in [0.5, 0.6) is 0 Å². The molecule has 5 nitrogen and oxygen atoms in total. The Hall–Kier alpha value is -1.12. The largest absolute Gasteiger partial charge is 0.392 e. The van der Waals surface area contributed by atoms with E-state index in [2.05, 4.69) is 25.2 Å². The van der Waals surface area contributed by atoms with Gasteiger partial charge in [-0.1, -0.05) is 20.8 Å². The Bertz CT molecular complexity index is 352. The van der Waals surface area contributed by atoms with Gasteiger partial charge in [-0.25, -0.2) is 0 Å². The first kappa shape index (κ1) is 16.9. The third-order valence-corrected chi connectivity index (χ3v) is 3.88. The summed E-state index contributed by atoms with van der Waals surface area (Å²) in [6.45, 7) is 8.32. The van der Waals surface area contributed by atoms with E-state index in [9.17, 15) is 9.90 Å². The highest BCUT2D eigenvalue weighted by Gasteiger charge is 2.27. The maximum atomic E-state index is 11.6. The van der Waals surface area contributed by atoms with Gasteiger partial charge in [0.2, 0.25) is 5.91 Å². The van der Waals surface area contributed by atoms with E-state index in [1.807, 2.05) is 11.8 Å². The number of rotatable bonds is 8. The summed E-state index contributed by atoms with van der Waals surface area (Å²) in [5, 5.41) is 22.0. The Kier molecular flexibility index (Phi) is 6.97. The van der Waals surface area contributed by atoms with Crippen LogP contribution in [0.25, 0.3) is 0 Å². The van der Waals surface area contributed by atoms with Crippen molar-refractivity contribution < 1.29 is 9.90 Å². The standard InChI is InChI=1S/C15H27N3O2/c1-11(2)8-12(3)14(19)10-18(7-5-16)9-13-4-6-17-15(13)20/h11-14,19H,4,6-10H2,1-3H3,(H,17,20)/t12-,13-,14?/m0/s1. The smallest absolute Gasteiger partial charge is 0.224 e. The lowest BCUT2D eigenvalue weighted by Crippen LogP contribution is -2.40. The number of aliphatic hydroxyl groups excluding tert-OH is 1. The Morgan fingerprint density at radius 3 is 2.70 bits per heavy atom. The molecule has 0 aromatic carbocycles. The summed E-state index contributed by atoms with van der Waals surface area (Å²) in [7, 11) is 0. The molecule has 1 rings (SSSR count). The molecule has 1 heterocycles. The van der Waals surface area contributed by atoms with Gasteiger partial charge in [-0.3, -0.25) is 9.69 Å². The Balaban J connectivity index is 2.49. The van der Waals surface area contributed by atoms with E-state index in [1.54, 1.807) is 0 Å². The summed E-state index contributed by atoms with van der Waals surface area (Å²) in [5.41, 5.74) is 0. The average molecular weight is 281 g/mol. The summed E-state index contributed by atoms with van der Waals surface area (Å²) in [6.07, 6.45) is 1.33. The van der Waals surface area contributed by atoms with Crippen LogP contribution in [-0.4, -0.2) is 48.2 Å². The van der Waals surface area contributed by atoms with Crippen molar-refractivity contribution in [1.82, 2.24) is 10.2 Å². The summed E-state index contributed by atoms with van der Waals surface area (Å²) in [4.78, 5) is 13.5. The number of nitriles is 1. The molecular formula is C15H27N3O2. The minimum atomic E-state index is -0.449. The van der Waals surface area contributed by atoms with E-state index < -0.39 is 6.10 Å². The van der Waals surface area contributed by atoms with E-state index in [1.165, 1.54) is 0 Å². The van der Waals surface area contributed by atoms with Crippen LogP contribution in [0.3, 0.4) is 0 Å². The first-order valence-corrected chi connectivity index (χ1v) is 7.49. The summed E-state index contributed by atoms with van der Waals surface area (Å²) in [6, 6.07) is 2.12. The molecule has 1 amide bonds. The van der Waals surface area contributed by atoms with Crippen LogP contribution in [0.1, 0.15) is 33.6 Å². The molecule has 5 heteroatoms. The van der Waals surface area contributed by atoms with Crippen LogP contribution in [0.4, 0.5) is 0 Å². The van der Waals surface area contributed by atoms with Crippen LogP contribution in [0, 0.1) is 29.1 Å². The molecular weight excluding hydrogens is 254 g/mol. The van der Waals surface area contributed by atoms with E-state index in [0.29, 0.717) is 19.0 Å². The van der Waals surface area contributed by atoms with Gasteiger partial charge in [0, 0.05) is 19.6 Å². The third-order valence-electron chi connectivity index (χ3n) is 3.88.